The Morgan fingerprint density at radius 1 is 1.39 bits per heavy atom. The second kappa shape index (κ2) is 5.63. The highest BCUT2D eigenvalue weighted by Crippen LogP contribution is 2.14. The first-order valence-electron chi connectivity index (χ1n) is 6.04. The Balaban J connectivity index is 1.97. The van der Waals surface area contributed by atoms with Crippen LogP contribution >= 0.6 is 0 Å². The van der Waals surface area contributed by atoms with Crippen LogP contribution in [0.5, 0.6) is 0 Å². The zero-order valence-corrected chi connectivity index (χ0v) is 10.8. The second-order valence-corrected chi connectivity index (χ2v) is 4.18. The van der Waals surface area contributed by atoms with Crippen molar-refractivity contribution in [3.8, 4) is 0 Å². The van der Waals surface area contributed by atoms with E-state index < -0.39 is 0 Å². The van der Waals surface area contributed by atoms with Crippen molar-refractivity contribution in [3.05, 3.63) is 18.2 Å². The fraction of sp³-hybridized carbons (Fsp3) is 0.545. The lowest BCUT2D eigenvalue weighted by Crippen LogP contribution is -2.11. The van der Waals surface area contributed by atoms with Crippen molar-refractivity contribution in [2.24, 2.45) is 0 Å². The Hall–Kier alpha value is -1.89. The number of hydrogen-bond donors (Lipinski definition) is 2. The number of nitrogens with one attached hydrogen (secondary N) is 2. The summed E-state index contributed by atoms with van der Waals surface area (Å²) in [4.78, 5) is 0. The minimum atomic E-state index is 0.326. The highest BCUT2D eigenvalue weighted by atomic mass is 16.4. The van der Waals surface area contributed by atoms with Crippen molar-refractivity contribution in [1.82, 2.24) is 25.3 Å². The molecule has 0 bridgehead atoms. The molecular weight excluding hydrogens is 232 g/mol. The summed E-state index contributed by atoms with van der Waals surface area (Å²) in [5.41, 5.74) is 0. The average Bonchev–Trinajstić information content (AvgIpc) is 2.96. The van der Waals surface area contributed by atoms with Crippen LogP contribution in [0, 0.1) is 0 Å². The first-order chi connectivity index (χ1) is 8.69. The van der Waals surface area contributed by atoms with E-state index in [4.69, 9.17) is 4.42 Å². The molecule has 2 aromatic heterocycles. The fourth-order valence-corrected chi connectivity index (χ4v) is 1.41. The van der Waals surface area contributed by atoms with Gasteiger partial charge in [-0.1, -0.05) is 12.0 Å². The minimum Gasteiger partial charge on any atom is -0.406 e. The molecule has 0 amide bonds. The molecule has 0 aliphatic rings. The Bertz CT molecular complexity index is 489. The minimum absolute atomic E-state index is 0.326. The highest BCUT2D eigenvalue weighted by Gasteiger charge is 2.08. The van der Waals surface area contributed by atoms with Crippen molar-refractivity contribution < 1.29 is 4.42 Å². The standard InChI is InChI=1S/C11H18N6O/c1-4-12-7-10-14-15-11(18-10)13-9-5-6-17(16-9)8(2)3/h5-6,8,12H,4,7H2,1-3H3,(H,13,15,16). The van der Waals surface area contributed by atoms with Crippen molar-refractivity contribution in [2.45, 2.75) is 33.4 Å². The molecule has 0 aromatic carbocycles. The number of nitrogens with zero attached hydrogens (tertiary/aromatic N) is 4. The van der Waals surface area contributed by atoms with Crippen molar-refractivity contribution >= 4 is 11.8 Å². The zero-order chi connectivity index (χ0) is 13.0. The largest absolute Gasteiger partial charge is 0.406 e. The monoisotopic (exact) mass is 250 g/mol. The smallest absolute Gasteiger partial charge is 0.321 e. The van der Waals surface area contributed by atoms with Crippen LogP contribution in [0.15, 0.2) is 16.7 Å². The molecule has 0 radical (unpaired) electrons. The first kappa shape index (κ1) is 12.6. The molecule has 0 fully saturated rings. The second-order valence-electron chi connectivity index (χ2n) is 4.18. The molecule has 98 valence electrons. The van der Waals surface area contributed by atoms with E-state index in [1.54, 1.807) is 0 Å². The Morgan fingerprint density at radius 3 is 2.89 bits per heavy atom. The van der Waals surface area contributed by atoms with E-state index in [1.807, 2.05) is 23.9 Å². The van der Waals surface area contributed by atoms with Gasteiger partial charge in [-0.3, -0.25) is 10.00 Å². The molecule has 0 saturated carbocycles. The normalized spacial score (nSPS) is 11.1. The van der Waals surface area contributed by atoms with Gasteiger partial charge in [0.25, 0.3) is 0 Å². The Morgan fingerprint density at radius 2 is 2.22 bits per heavy atom. The number of rotatable bonds is 6. The predicted molar refractivity (Wildman–Crippen MR) is 67.6 cm³/mol. The maximum absolute atomic E-state index is 5.41. The summed E-state index contributed by atoms with van der Waals surface area (Å²) in [6.07, 6.45) is 1.91. The Labute approximate surface area is 106 Å². The van der Waals surface area contributed by atoms with Gasteiger partial charge in [-0.2, -0.15) is 5.10 Å². The molecule has 2 N–H and O–H groups in total. The molecule has 2 rings (SSSR count). The van der Waals surface area contributed by atoms with Crippen LogP contribution in [0.25, 0.3) is 0 Å². The molecule has 2 aromatic rings. The summed E-state index contributed by atoms with van der Waals surface area (Å²) in [5, 5.41) is 18.2. The van der Waals surface area contributed by atoms with Crippen LogP contribution in [0.4, 0.5) is 11.8 Å². The van der Waals surface area contributed by atoms with E-state index in [2.05, 4.69) is 39.8 Å². The molecule has 0 aliphatic heterocycles. The molecule has 2 heterocycles. The van der Waals surface area contributed by atoms with Crippen LogP contribution < -0.4 is 10.6 Å². The third-order valence-electron chi connectivity index (χ3n) is 2.37. The van der Waals surface area contributed by atoms with Gasteiger partial charge < -0.3 is 9.73 Å². The van der Waals surface area contributed by atoms with E-state index in [0.29, 0.717) is 30.3 Å². The van der Waals surface area contributed by atoms with Crippen molar-refractivity contribution in [1.29, 1.82) is 0 Å². The summed E-state index contributed by atoms with van der Waals surface area (Å²) in [7, 11) is 0. The molecule has 0 spiro atoms. The van der Waals surface area contributed by atoms with Crippen LogP contribution in [0.1, 0.15) is 32.7 Å². The van der Waals surface area contributed by atoms with Gasteiger partial charge in [0, 0.05) is 18.3 Å². The third kappa shape index (κ3) is 3.07. The molecule has 7 nitrogen and oxygen atoms in total. The number of anilines is 2. The SMILES string of the molecule is CCNCc1nnc(Nc2ccn(C(C)C)n2)o1. The van der Waals surface area contributed by atoms with E-state index in [0.717, 1.165) is 6.54 Å². The molecule has 0 aliphatic carbocycles. The summed E-state index contributed by atoms with van der Waals surface area (Å²) in [6.45, 7) is 7.60. The maximum atomic E-state index is 5.41. The molecule has 0 unspecified atom stereocenters. The quantitative estimate of drug-likeness (QED) is 0.812. The van der Waals surface area contributed by atoms with E-state index >= 15 is 0 Å². The van der Waals surface area contributed by atoms with Gasteiger partial charge in [0.05, 0.1) is 6.54 Å². The van der Waals surface area contributed by atoms with Crippen molar-refractivity contribution in [2.75, 3.05) is 11.9 Å². The Kier molecular flexibility index (Phi) is 3.93. The van der Waals surface area contributed by atoms with Crippen LogP contribution in [-0.2, 0) is 6.54 Å². The van der Waals surface area contributed by atoms with Crippen LogP contribution in [-0.4, -0.2) is 26.5 Å². The summed E-state index contributed by atoms with van der Waals surface area (Å²) < 4.78 is 7.27. The average molecular weight is 250 g/mol. The van der Waals surface area contributed by atoms with E-state index in [1.165, 1.54) is 0 Å². The van der Waals surface area contributed by atoms with E-state index in [9.17, 15) is 0 Å². The predicted octanol–water partition coefficient (Wildman–Crippen LogP) is 1.70. The maximum Gasteiger partial charge on any atom is 0.321 e. The van der Waals surface area contributed by atoms with Gasteiger partial charge in [-0.05, 0) is 20.4 Å². The fourth-order valence-electron chi connectivity index (χ4n) is 1.41. The zero-order valence-electron chi connectivity index (χ0n) is 10.8. The molecular formula is C11H18N6O. The number of hydrogen-bond acceptors (Lipinski definition) is 6. The topological polar surface area (TPSA) is 80.8 Å². The first-order valence-corrected chi connectivity index (χ1v) is 6.04. The molecule has 7 heteroatoms. The third-order valence-corrected chi connectivity index (χ3v) is 2.37. The lowest BCUT2D eigenvalue weighted by Gasteiger charge is -2.03. The molecule has 0 saturated heterocycles. The van der Waals surface area contributed by atoms with E-state index in [-0.39, 0.29) is 0 Å². The van der Waals surface area contributed by atoms with Gasteiger partial charge in [0.1, 0.15) is 0 Å². The van der Waals surface area contributed by atoms with Gasteiger partial charge in [-0.25, -0.2) is 0 Å². The van der Waals surface area contributed by atoms with Gasteiger partial charge >= 0.3 is 6.01 Å². The van der Waals surface area contributed by atoms with Gasteiger partial charge in [0.15, 0.2) is 5.82 Å². The number of aromatic nitrogens is 4. The lowest BCUT2D eigenvalue weighted by atomic mass is 10.4. The highest BCUT2D eigenvalue weighted by molar-refractivity contribution is 5.44. The summed E-state index contributed by atoms with van der Waals surface area (Å²) >= 11 is 0. The van der Waals surface area contributed by atoms with Crippen LogP contribution in [0.3, 0.4) is 0 Å². The van der Waals surface area contributed by atoms with Crippen LogP contribution in [0.2, 0.25) is 0 Å². The van der Waals surface area contributed by atoms with Crippen molar-refractivity contribution in [3.63, 3.8) is 0 Å². The van der Waals surface area contributed by atoms with Gasteiger partial charge in [-0.15, -0.1) is 5.10 Å². The molecule has 0 atom stereocenters. The summed E-state index contributed by atoms with van der Waals surface area (Å²) in [6, 6.07) is 2.55. The molecule has 18 heavy (non-hydrogen) atoms. The summed E-state index contributed by atoms with van der Waals surface area (Å²) in [5.74, 6) is 1.25. The lowest BCUT2D eigenvalue weighted by molar-refractivity contribution is 0.483. The van der Waals surface area contributed by atoms with Gasteiger partial charge in [0.2, 0.25) is 5.89 Å².